The fourth-order valence-electron chi connectivity index (χ4n) is 1.79. The zero-order chi connectivity index (χ0) is 11.4. The predicted molar refractivity (Wildman–Crippen MR) is 71.4 cm³/mol. The molecule has 2 rings (SSSR count). The standard InChI is InChI=1S/C15H14S/c1-3-13-8-7-11-15(2,12-13)16-14-9-5-4-6-10-14/h1,4-11H,12H2,2H3. The maximum Gasteiger partial charge on any atom is 0.0407 e. The summed E-state index contributed by atoms with van der Waals surface area (Å²) < 4.78 is 0.0812. The molecular formula is C15H14S. The van der Waals surface area contributed by atoms with E-state index in [9.17, 15) is 0 Å². The van der Waals surface area contributed by atoms with Gasteiger partial charge < -0.3 is 0 Å². The van der Waals surface area contributed by atoms with E-state index in [2.05, 4.69) is 49.3 Å². The lowest BCUT2D eigenvalue weighted by Gasteiger charge is -2.27. The molecule has 0 N–H and O–H groups in total. The van der Waals surface area contributed by atoms with Gasteiger partial charge in [-0.1, -0.05) is 42.3 Å². The topological polar surface area (TPSA) is 0 Å². The van der Waals surface area contributed by atoms with Gasteiger partial charge in [0.25, 0.3) is 0 Å². The first-order chi connectivity index (χ1) is 7.72. The molecule has 0 saturated carbocycles. The van der Waals surface area contributed by atoms with Gasteiger partial charge in [-0.25, -0.2) is 0 Å². The average Bonchev–Trinajstić information content (AvgIpc) is 2.29. The first-order valence-corrected chi connectivity index (χ1v) is 6.13. The first kappa shape index (κ1) is 11.1. The van der Waals surface area contributed by atoms with Crippen LogP contribution in [0.1, 0.15) is 13.3 Å². The Morgan fingerprint density at radius 3 is 2.75 bits per heavy atom. The Bertz CT molecular complexity index is 462. The van der Waals surface area contributed by atoms with E-state index in [4.69, 9.17) is 6.42 Å². The van der Waals surface area contributed by atoms with Crippen molar-refractivity contribution in [2.24, 2.45) is 0 Å². The molecular weight excluding hydrogens is 212 g/mol. The van der Waals surface area contributed by atoms with Gasteiger partial charge in [-0.2, -0.15) is 0 Å². The van der Waals surface area contributed by atoms with E-state index in [1.54, 1.807) is 0 Å². The molecule has 1 aromatic rings. The zero-order valence-electron chi connectivity index (χ0n) is 9.31. The van der Waals surface area contributed by atoms with Crippen molar-refractivity contribution >= 4 is 11.8 Å². The lowest BCUT2D eigenvalue weighted by molar-refractivity contribution is 0.779. The van der Waals surface area contributed by atoms with E-state index in [1.807, 2.05) is 23.9 Å². The summed E-state index contributed by atoms with van der Waals surface area (Å²) in [6, 6.07) is 10.4. The van der Waals surface area contributed by atoms with Crippen LogP contribution < -0.4 is 0 Å². The second kappa shape index (κ2) is 4.63. The van der Waals surface area contributed by atoms with Crippen molar-refractivity contribution in [1.29, 1.82) is 0 Å². The van der Waals surface area contributed by atoms with Gasteiger partial charge in [-0.15, -0.1) is 18.2 Å². The van der Waals surface area contributed by atoms with Crippen molar-refractivity contribution in [2.45, 2.75) is 23.0 Å². The van der Waals surface area contributed by atoms with Crippen LogP contribution in [0.25, 0.3) is 0 Å². The minimum Gasteiger partial charge on any atom is -0.115 e. The number of hydrogen-bond donors (Lipinski definition) is 0. The van der Waals surface area contributed by atoms with E-state index < -0.39 is 0 Å². The molecule has 1 aliphatic rings. The maximum absolute atomic E-state index is 5.46. The Hall–Kier alpha value is -1.39. The van der Waals surface area contributed by atoms with E-state index in [0.29, 0.717) is 0 Å². The number of thioether (sulfide) groups is 1. The summed E-state index contributed by atoms with van der Waals surface area (Å²) in [7, 11) is 0. The van der Waals surface area contributed by atoms with Gasteiger partial charge in [0.2, 0.25) is 0 Å². The first-order valence-electron chi connectivity index (χ1n) is 5.31. The number of benzene rings is 1. The van der Waals surface area contributed by atoms with Gasteiger partial charge in [-0.3, -0.25) is 0 Å². The lowest BCUT2D eigenvalue weighted by atomic mass is 9.95. The van der Waals surface area contributed by atoms with E-state index in [1.165, 1.54) is 4.90 Å². The SMILES string of the molecule is C#CC1=CC=CC(C)(Sc2ccccc2)C1. The molecule has 0 saturated heterocycles. The molecule has 0 heterocycles. The summed E-state index contributed by atoms with van der Waals surface area (Å²) in [4.78, 5) is 1.29. The minimum atomic E-state index is 0.0812. The van der Waals surface area contributed by atoms with Crippen LogP contribution in [-0.4, -0.2) is 4.75 Å². The van der Waals surface area contributed by atoms with Gasteiger partial charge in [0.05, 0.1) is 0 Å². The summed E-state index contributed by atoms with van der Waals surface area (Å²) in [5.74, 6) is 2.74. The molecule has 0 nitrogen and oxygen atoms in total. The van der Waals surface area contributed by atoms with Crippen LogP contribution in [0.4, 0.5) is 0 Å². The average molecular weight is 226 g/mol. The van der Waals surface area contributed by atoms with Crippen LogP contribution in [0.3, 0.4) is 0 Å². The monoisotopic (exact) mass is 226 g/mol. The second-order valence-electron chi connectivity index (χ2n) is 4.10. The Morgan fingerprint density at radius 1 is 1.31 bits per heavy atom. The van der Waals surface area contributed by atoms with Crippen molar-refractivity contribution in [3.05, 3.63) is 54.1 Å². The van der Waals surface area contributed by atoms with E-state index >= 15 is 0 Å². The molecule has 0 aliphatic heterocycles. The smallest absolute Gasteiger partial charge is 0.0407 e. The van der Waals surface area contributed by atoms with Gasteiger partial charge in [0.1, 0.15) is 0 Å². The third-order valence-corrected chi connectivity index (χ3v) is 3.82. The molecule has 1 atom stereocenters. The molecule has 1 heteroatoms. The van der Waals surface area contributed by atoms with E-state index in [-0.39, 0.29) is 4.75 Å². The fraction of sp³-hybridized carbons (Fsp3) is 0.200. The largest absolute Gasteiger partial charge is 0.115 e. The highest BCUT2D eigenvalue weighted by molar-refractivity contribution is 8.00. The van der Waals surface area contributed by atoms with Crippen molar-refractivity contribution in [3.63, 3.8) is 0 Å². The third-order valence-electron chi connectivity index (χ3n) is 2.57. The molecule has 0 bridgehead atoms. The number of rotatable bonds is 2. The lowest BCUT2D eigenvalue weighted by Crippen LogP contribution is -2.19. The summed E-state index contributed by atoms with van der Waals surface area (Å²) in [5.41, 5.74) is 1.08. The van der Waals surface area contributed by atoms with Crippen molar-refractivity contribution in [2.75, 3.05) is 0 Å². The zero-order valence-corrected chi connectivity index (χ0v) is 10.1. The minimum absolute atomic E-state index is 0.0812. The number of allylic oxidation sites excluding steroid dienone is 3. The number of hydrogen-bond acceptors (Lipinski definition) is 1. The highest BCUT2D eigenvalue weighted by Crippen LogP contribution is 2.40. The molecule has 0 radical (unpaired) electrons. The van der Waals surface area contributed by atoms with Crippen molar-refractivity contribution in [3.8, 4) is 12.3 Å². The quantitative estimate of drug-likeness (QED) is 0.685. The molecule has 1 aromatic carbocycles. The third kappa shape index (κ3) is 2.59. The van der Waals surface area contributed by atoms with Crippen LogP contribution in [0.15, 0.2) is 59.0 Å². The van der Waals surface area contributed by atoms with Crippen LogP contribution in [-0.2, 0) is 0 Å². The van der Waals surface area contributed by atoms with Crippen LogP contribution in [0.2, 0.25) is 0 Å². The predicted octanol–water partition coefficient (Wildman–Crippen LogP) is 4.06. The van der Waals surface area contributed by atoms with E-state index in [0.717, 1.165) is 12.0 Å². The number of terminal acetylenes is 1. The Morgan fingerprint density at radius 2 is 2.06 bits per heavy atom. The van der Waals surface area contributed by atoms with Crippen molar-refractivity contribution < 1.29 is 0 Å². The molecule has 0 fully saturated rings. The summed E-state index contributed by atoms with van der Waals surface area (Å²) in [6.45, 7) is 2.23. The van der Waals surface area contributed by atoms with Gasteiger partial charge in [-0.05, 0) is 25.5 Å². The highest BCUT2D eigenvalue weighted by Gasteiger charge is 2.25. The normalized spacial score (nSPS) is 23.6. The molecule has 0 aromatic heterocycles. The fourth-order valence-corrected chi connectivity index (χ4v) is 3.00. The van der Waals surface area contributed by atoms with Crippen LogP contribution in [0.5, 0.6) is 0 Å². The molecule has 0 spiro atoms. The molecule has 80 valence electrons. The Kier molecular flexibility index (Phi) is 3.22. The van der Waals surface area contributed by atoms with Gasteiger partial charge in [0.15, 0.2) is 0 Å². The Balaban J connectivity index is 2.15. The van der Waals surface area contributed by atoms with Crippen molar-refractivity contribution in [1.82, 2.24) is 0 Å². The molecule has 1 aliphatic carbocycles. The summed E-state index contributed by atoms with van der Waals surface area (Å²) in [6.07, 6.45) is 12.7. The van der Waals surface area contributed by atoms with Crippen LogP contribution >= 0.6 is 11.8 Å². The van der Waals surface area contributed by atoms with Gasteiger partial charge >= 0.3 is 0 Å². The second-order valence-corrected chi connectivity index (χ2v) is 5.71. The van der Waals surface area contributed by atoms with Gasteiger partial charge in [0, 0.05) is 15.2 Å². The molecule has 16 heavy (non-hydrogen) atoms. The Labute approximate surface area is 101 Å². The van der Waals surface area contributed by atoms with Crippen LogP contribution in [0, 0.1) is 12.3 Å². The summed E-state index contributed by atoms with van der Waals surface area (Å²) >= 11 is 1.86. The molecule has 1 unspecified atom stereocenters. The maximum atomic E-state index is 5.46. The highest BCUT2D eigenvalue weighted by atomic mass is 32.2. The molecule has 0 amide bonds. The summed E-state index contributed by atoms with van der Waals surface area (Å²) in [5, 5.41) is 0.